The third-order valence-corrected chi connectivity index (χ3v) is 3.19. The van der Waals surface area contributed by atoms with Gasteiger partial charge < -0.3 is 10.0 Å². The zero-order chi connectivity index (χ0) is 14.5. The lowest BCUT2D eigenvalue weighted by molar-refractivity contribution is -0.123. The lowest BCUT2D eigenvalue weighted by Gasteiger charge is -2.19. The Morgan fingerprint density at radius 3 is 2.90 bits per heavy atom. The quantitative estimate of drug-likeness (QED) is 0.678. The molecule has 0 atom stereocenters. The van der Waals surface area contributed by atoms with E-state index in [-0.39, 0.29) is 17.3 Å². The molecule has 2 rings (SSSR count). The number of nitroso groups, excluding NO2 is 1. The molecule has 0 aliphatic carbocycles. The van der Waals surface area contributed by atoms with E-state index in [0.717, 1.165) is 12.8 Å². The van der Waals surface area contributed by atoms with E-state index in [2.05, 4.69) is 5.18 Å². The minimum absolute atomic E-state index is 0.0214. The molecule has 1 aromatic carbocycles. The van der Waals surface area contributed by atoms with Gasteiger partial charge in [0.05, 0.1) is 0 Å². The summed E-state index contributed by atoms with van der Waals surface area (Å²) in [5.41, 5.74) is 1.26. The Balaban J connectivity index is 2.18. The maximum Gasteiger partial charge on any atom is 0.250 e. The van der Waals surface area contributed by atoms with Gasteiger partial charge in [-0.15, -0.1) is 4.91 Å². The number of carbonyl (C=O) groups excluding carboxylic acids is 1. The van der Waals surface area contributed by atoms with Crippen LogP contribution in [0.5, 0.6) is 5.75 Å². The van der Waals surface area contributed by atoms with E-state index in [1.54, 1.807) is 18.0 Å². The normalized spacial score (nSPS) is 14.8. The minimum Gasteiger partial charge on any atom is -0.507 e. The van der Waals surface area contributed by atoms with Crippen LogP contribution in [0.1, 0.15) is 24.0 Å². The summed E-state index contributed by atoms with van der Waals surface area (Å²) in [4.78, 5) is 24.2. The second-order valence-electron chi connectivity index (χ2n) is 4.68. The van der Waals surface area contributed by atoms with Crippen molar-refractivity contribution in [3.05, 3.63) is 46.5 Å². The maximum atomic E-state index is 11.9. The summed E-state index contributed by atoms with van der Waals surface area (Å²) in [6, 6.07) is 2.93. The van der Waals surface area contributed by atoms with Crippen molar-refractivity contribution in [3.8, 4) is 5.75 Å². The Bertz CT molecular complexity index is 591. The van der Waals surface area contributed by atoms with Gasteiger partial charge in [0, 0.05) is 24.4 Å². The van der Waals surface area contributed by atoms with Crippen LogP contribution in [0, 0.1) is 11.8 Å². The summed E-state index contributed by atoms with van der Waals surface area (Å²) in [6.07, 6.45) is 8.53. The Hall–Kier alpha value is -2.43. The summed E-state index contributed by atoms with van der Waals surface area (Å²) >= 11 is 0. The van der Waals surface area contributed by atoms with Crippen LogP contribution in [0.15, 0.2) is 35.7 Å². The zero-order valence-corrected chi connectivity index (χ0v) is 11.2. The molecule has 0 bridgehead atoms. The second kappa shape index (κ2) is 6.14. The van der Waals surface area contributed by atoms with Crippen molar-refractivity contribution in [2.24, 2.45) is 5.18 Å². The lowest BCUT2D eigenvalue weighted by Crippen LogP contribution is -2.26. The first-order valence-electron chi connectivity index (χ1n) is 6.44. The van der Waals surface area contributed by atoms with E-state index >= 15 is 0 Å². The number of phenolic OH excluding ortho intramolecular Hbond substituents is 1. The topological polar surface area (TPSA) is 70.0 Å². The molecule has 0 aromatic heterocycles. The molecule has 0 unspecified atom stereocenters. The first-order chi connectivity index (χ1) is 9.61. The number of phenols is 1. The van der Waals surface area contributed by atoms with Crippen LogP contribution in [-0.2, 0) is 4.79 Å². The number of aromatic hydroxyl groups is 1. The number of carbonyl (C=O) groups is 1. The monoisotopic (exact) mass is 272 g/mol. The SMILES string of the molecule is Cc1cc(O)c(/C=C/C(=O)N2C=CCCC2)cc1N=O. The number of hydrogen-bond acceptors (Lipinski definition) is 4. The fourth-order valence-corrected chi connectivity index (χ4v) is 2.03. The number of hydrogen-bond donors (Lipinski definition) is 1. The summed E-state index contributed by atoms with van der Waals surface area (Å²) in [5, 5.41) is 12.7. The van der Waals surface area contributed by atoms with Crippen LogP contribution in [0.2, 0.25) is 0 Å². The number of amides is 1. The molecule has 1 aliphatic heterocycles. The predicted octanol–water partition coefficient (Wildman–Crippen LogP) is 3.25. The van der Waals surface area contributed by atoms with Gasteiger partial charge >= 0.3 is 0 Å². The molecule has 0 spiro atoms. The fourth-order valence-electron chi connectivity index (χ4n) is 2.03. The van der Waals surface area contributed by atoms with Gasteiger partial charge in [-0.1, -0.05) is 6.08 Å². The predicted molar refractivity (Wildman–Crippen MR) is 77.4 cm³/mol. The largest absolute Gasteiger partial charge is 0.507 e. The summed E-state index contributed by atoms with van der Waals surface area (Å²) in [6.45, 7) is 2.38. The molecule has 0 saturated carbocycles. The van der Waals surface area contributed by atoms with Crippen LogP contribution in [0.25, 0.3) is 6.08 Å². The highest BCUT2D eigenvalue weighted by molar-refractivity contribution is 5.93. The summed E-state index contributed by atoms with van der Waals surface area (Å²) in [7, 11) is 0. The number of rotatable bonds is 3. The average Bonchev–Trinajstić information content (AvgIpc) is 2.47. The molecule has 1 amide bonds. The first-order valence-corrected chi connectivity index (χ1v) is 6.44. The molecule has 1 aromatic rings. The van der Waals surface area contributed by atoms with Crippen LogP contribution >= 0.6 is 0 Å². The van der Waals surface area contributed by atoms with Crippen LogP contribution in [0.3, 0.4) is 0 Å². The van der Waals surface area contributed by atoms with Gasteiger partial charge in [-0.2, -0.15) is 0 Å². The van der Waals surface area contributed by atoms with E-state index < -0.39 is 0 Å². The van der Waals surface area contributed by atoms with Gasteiger partial charge in [0.2, 0.25) is 0 Å². The van der Waals surface area contributed by atoms with Gasteiger partial charge in [-0.25, -0.2) is 0 Å². The van der Waals surface area contributed by atoms with Crippen LogP contribution < -0.4 is 0 Å². The Kier molecular flexibility index (Phi) is 4.30. The van der Waals surface area contributed by atoms with Crippen LogP contribution in [0.4, 0.5) is 5.69 Å². The highest BCUT2D eigenvalue weighted by Crippen LogP contribution is 2.28. The highest BCUT2D eigenvalue weighted by atomic mass is 16.3. The zero-order valence-electron chi connectivity index (χ0n) is 11.2. The average molecular weight is 272 g/mol. The van der Waals surface area contributed by atoms with Crippen molar-refractivity contribution in [1.29, 1.82) is 0 Å². The Labute approximate surface area is 117 Å². The number of benzene rings is 1. The van der Waals surface area contributed by atoms with Crippen molar-refractivity contribution in [2.75, 3.05) is 6.54 Å². The minimum atomic E-state index is -0.151. The van der Waals surface area contributed by atoms with E-state index in [1.165, 1.54) is 24.3 Å². The standard InChI is InChI=1S/C15H16N2O3/c1-11-9-14(18)12(10-13(11)16-20)5-6-15(19)17-7-3-2-4-8-17/h3,5-7,9-10,18H,2,4,8H2,1H3/b6-5+. The molecule has 0 fully saturated rings. The molecule has 1 heterocycles. The summed E-state index contributed by atoms with van der Waals surface area (Å²) in [5.74, 6) is -0.130. The molecule has 0 radical (unpaired) electrons. The fraction of sp³-hybridized carbons (Fsp3) is 0.267. The molecule has 1 N–H and O–H groups in total. The molecule has 20 heavy (non-hydrogen) atoms. The van der Waals surface area contributed by atoms with E-state index in [0.29, 0.717) is 17.7 Å². The molecular weight excluding hydrogens is 256 g/mol. The first kappa shape index (κ1) is 14.0. The van der Waals surface area contributed by atoms with Crippen molar-refractivity contribution >= 4 is 17.7 Å². The smallest absolute Gasteiger partial charge is 0.250 e. The Morgan fingerprint density at radius 1 is 1.45 bits per heavy atom. The van der Waals surface area contributed by atoms with Crippen molar-refractivity contribution in [2.45, 2.75) is 19.8 Å². The van der Waals surface area contributed by atoms with Crippen molar-refractivity contribution in [1.82, 2.24) is 4.90 Å². The van der Waals surface area contributed by atoms with E-state index in [9.17, 15) is 14.8 Å². The lowest BCUT2D eigenvalue weighted by atomic mass is 10.1. The highest BCUT2D eigenvalue weighted by Gasteiger charge is 2.10. The Morgan fingerprint density at radius 2 is 2.25 bits per heavy atom. The van der Waals surface area contributed by atoms with Gasteiger partial charge in [-0.05, 0) is 48.7 Å². The van der Waals surface area contributed by atoms with Gasteiger partial charge in [-0.3, -0.25) is 4.79 Å². The second-order valence-corrected chi connectivity index (χ2v) is 4.68. The summed E-state index contributed by atoms with van der Waals surface area (Å²) < 4.78 is 0. The van der Waals surface area contributed by atoms with Gasteiger partial charge in [0.1, 0.15) is 11.4 Å². The molecule has 5 nitrogen and oxygen atoms in total. The molecular formula is C15H16N2O3. The van der Waals surface area contributed by atoms with Crippen molar-refractivity contribution in [3.63, 3.8) is 0 Å². The van der Waals surface area contributed by atoms with E-state index in [1.807, 2.05) is 6.08 Å². The van der Waals surface area contributed by atoms with Crippen LogP contribution in [-0.4, -0.2) is 22.5 Å². The number of nitrogens with zero attached hydrogens (tertiary/aromatic N) is 2. The third kappa shape index (κ3) is 3.12. The molecule has 5 heteroatoms. The number of allylic oxidation sites excluding steroid dienone is 1. The van der Waals surface area contributed by atoms with E-state index in [4.69, 9.17) is 0 Å². The molecule has 0 saturated heterocycles. The van der Waals surface area contributed by atoms with Gasteiger partial charge in [0.15, 0.2) is 0 Å². The maximum absolute atomic E-state index is 11.9. The molecule has 1 aliphatic rings. The number of aryl methyl sites for hydroxylation is 1. The van der Waals surface area contributed by atoms with Gasteiger partial charge in [0.25, 0.3) is 5.91 Å². The third-order valence-electron chi connectivity index (χ3n) is 3.19. The molecule has 104 valence electrons. The van der Waals surface area contributed by atoms with Crippen molar-refractivity contribution < 1.29 is 9.90 Å².